The second kappa shape index (κ2) is 5.76. The van der Waals surface area contributed by atoms with Crippen molar-refractivity contribution in [3.8, 4) is 11.1 Å². The van der Waals surface area contributed by atoms with E-state index in [1.807, 2.05) is 31.2 Å². The van der Waals surface area contributed by atoms with Gasteiger partial charge in [-0.05, 0) is 40.5 Å². The molecule has 0 saturated carbocycles. The third kappa shape index (κ3) is 2.63. The van der Waals surface area contributed by atoms with Gasteiger partial charge >= 0.3 is 0 Å². The zero-order valence-electron chi connectivity index (χ0n) is 12.0. The number of fused-ring (bicyclic) bond motifs is 1. The van der Waals surface area contributed by atoms with E-state index >= 15 is 0 Å². The van der Waals surface area contributed by atoms with Gasteiger partial charge in [0.1, 0.15) is 0 Å². The molecule has 0 saturated heterocycles. The normalized spacial score (nSPS) is 11.1. The average molecular weight is 271 g/mol. The molecule has 1 heteroatoms. The Morgan fingerprint density at radius 1 is 0.857 bits per heavy atom. The average Bonchev–Trinajstić information content (AvgIpc) is 2.55. The van der Waals surface area contributed by atoms with Gasteiger partial charge in [-0.25, -0.2) is 0 Å². The first-order chi connectivity index (χ1) is 10.3. The van der Waals surface area contributed by atoms with E-state index in [1.165, 1.54) is 21.9 Å². The fraction of sp³-hybridized carbons (Fsp3) is 0.0500. The van der Waals surface area contributed by atoms with E-state index in [9.17, 15) is 0 Å². The van der Waals surface area contributed by atoms with E-state index in [1.54, 1.807) is 0 Å². The highest BCUT2D eigenvalue weighted by Gasteiger charge is 2.04. The summed E-state index contributed by atoms with van der Waals surface area (Å²) >= 11 is 0. The number of allylic oxidation sites excluding steroid dienone is 2. The molecule has 0 aliphatic carbocycles. The van der Waals surface area contributed by atoms with Gasteiger partial charge in [-0.3, -0.25) is 0 Å². The third-order valence-corrected chi connectivity index (χ3v) is 3.63. The standard InChI is InChI=1S/C20H17N/c1-2-6-20(21)17-13-11-16(12-14-17)19-10-5-8-15-7-3-4-9-18(15)19/h2-14,21H,1H3/b6-2+,21-20?. The van der Waals surface area contributed by atoms with Crippen LogP contribution in [-0.4, -0.2) is 5.71 Å². The maximum Gasteiger partial charge on any atom is 0.0608 e. The van der Waals surface area contributed by atoms with Crippen LogP contribution < -0.4 is 0 Å². The lowest BCUT2D eigenvalue weighted by atomic mass is 9.97. The number of nitrogens with one attached hydrogen (secondary N) is 1. The fourth-order valence-electron chi connectivity index (χ4n) is 2.57. The predicted molar refractivity (Wildman–Crippen MR) is 91.0 cm³/mol. The molecule has 0 fully saturated rings. The van der Waals surface area contributed by atoms with Crippen molar-refractivity contribution in [3.05, 3.63) is 84.4 Å². The van der Waals surface area contributed by atoms with Crippen molar-refractivity contribution in [3.63, 3.8) is 0 Å². The summed E-state index contributed by atoms with van der Waals surface area (Å²) < 4.78 is 0. The van der Waals surface area contributed by atoms with E-state index in [-0.39, 0.29) is 0 Å². The van der Waals surface area contributed by atoms with Crippen molar-refractivity contribution in [1.29, 1.82) is 5.41 Å². The second-order valence-electron chi connectivity index (χ2n) is 5.02. The van der Waals surface area contributed by atoms with Crippen LogP contribution in [0.15, 0.2) is 78.9 Å². The Hall–Kier alpha value is -2.67. The lowest BCUT2D eigenvalue weighted by molar-refractivity contribution is 1.49. The van der Waals surface area contributed by atoms with E-state index < -0.39 is 0 Å². The molecule has 102 valence electrons. The van der Waals surface area contributed by atoms with Gasteiger partial charge in [-0.1, -0.05) is 72.8 Å². The molecule has 21 heavy (non-hydrogen) atoms. The molecule has 0 amide bonds. The van der Waals surface area contributed by atoms with Crippen LogP contribution in [-0.2, 0) is 0 Å². The monoisotopic (exact) mass is 271 g/mol. The van der Waals surface area contributed by atoms with Gasteiger partial charge in [0, 0.05) is 0 Å². The first-order valence-corrected chi connectivity index (χ1v) is 7.09. The summed E-state index contributed by atoms with van der Waals surface area (Å²) in [6.45, 7) is 1.93. The van der Waals surface area contributed by atoms with Crippen molar-refractivity contribution in [2.24, 2.45) is 0 Å². The molecule has 1 nitrogen and oxygen atoms in total. The summed E-state index contributed by atoms with van der Waals surface area (Å²) in [5.74, 6) is 0. The summed E-state index contributed by atoms with van der Waals surface area (Å²) in [6, 6.07) is 23.0. The molecule has 0 spiro atoms. The minimum Gasteiger partial charge on any atom is -0.300 e. The number of hydrogen-bond acceptors (Lipinski definition) is 1. The highest BCUT2D eigenvalue weighted by molar-refractivity contribution is 6.07. The lowest BCUT2D eigenvalue weighted by Crippen LogP contribution is -1.93. The number of benzene rings is 3. The van der Waals surface area contributed by atoms with Gasteiger partial charge in [0.2, 0.25) is 0 Å². The quantitative estimate of drug-likeness (QED) is 0.612. The molecule has 3 aromatic rings. The molecule has 0 aliphatic heterocycles. The fourth-order valence-corrected chi connectivity index (χ4v) is 2.57. The second-order valence-corrected chi connectivity index (χ2v) is 5.02. The maximum absolute atomic E-state index is 7.95. The van der Waals surface area contributed by atoms with Crippen LogP contribution in [0, 0.1) is 5.41 Å². The number of rotatable bonds is 3. The van der Waals surface area contributed by atoms with Crippen molar-refractivity contribution >= 4 is 16.5 Å². The Morgan fingerprint density at radius 3 is 2.33 bits per heavy atom. The topological polar surface area (TPSA) is 23.9 Å². The molecule has 3 aromatic carbocycles. The van der Waals surface area contributed by atoms with Crippen LogP contribution in [0.1, 0.15) is 12.5 Å². The van der Waals surface area contributed by atoms with Gasteiger partial charge in [0.15, 0.2) is 0 Å². The molecule has 0 unspecified atom stereocenters. The molecular formula is C20H17N. The van der Waals surface area contributed by atoms with Gasteiger partial charge in [0.25, 0.3) is 0 Å². The molecule has 0 atom stereocenters. The van der Waals surface area contributed by atoms with E-state index in [4.69, 9.17) is 5.41 Å². The Bertz CT molecular complexity index is 805. The first-order valence-electron chi connectivity index (χ1n) is 7.09. The van der Waals surface area contributed by atoms with Crippen molar-refractivity contribution in [2.75, 3.05) is 0 Å². The van der Waals surface area contributed by atoms with Crippen molar-refractivity contribution < 1.29 is 0 Å². The van der Waals surface area contributed by atoms with Crippen LogP contribution in [0.3, 0.4) is 0 Å². The Labute approximate surface area is 125 Å². The number of hydrogen-bond donors (Lipinski definition) is 1. The van der Waals surface area contributed by atoms with Crippen LogP contribution >= 0.6 is 0 Å². The molecule has 0 aliphatic rings. The van der Waals surface area contributed by atoms with Crippen molar-refractivity contribution in [1.82, 2.24) is 0 Å². The summed E-state index contributed by atoms with van der Waals surface area (Å²) in [7, 11) is 0. The maximum atomic E-state index is 7.95. The summed E-state index contributed by atoms with van der Waals surface area (Å²) in [4.78, 5) is 0. The summed E-state index contributed by atoms with van der Waals surface area (Å²) in [5.41, 5.74) is 3.90. The summed E-state index contributed by atoms with van der Waals surface area (Å²) in [5, 5.41) is 10.5. The van der Waals surface area contributed by atoms with Gasteiger partial charge in [0.05, 0.1) is 5.71 Å². The van der Waals surface area contributed by atoms with Crippen LogP contribution in [0.4, 0.5) is 0 Å². The van der Waals surface area contributed by atoms with Gasteiger partial charge < -0.3 is 5.41 Å². The van der Waals surface area contributed by atoms with E-state index in [2.05, 4.69) is 54.6 Å². The third-order valence-electron chi connectivity index (χ3n) is 3.63. The Balaban J connectivity index is 2.05. The minimum absolute atomic E-state index is 0.543. The first kappa shape index (κ1) is 13.3. The van der Waals surface area contributed by atoms with Crippen LogP contribution in [0.5, 0.6) is 0 Å². The van der Waals surface area contributed by atoms with Gasteiger partial charge in [-0.15, -0.1) is 0 Å². The minimum atomic E-state index is 0.543. The molecule has 0 bridgehead atoms. The van der Waals surface area contributed by atoms with Gasteiger partial charge in [-0.2, -0.15) is 0 Å². The lowest BCUT2D eigenvalue weighted by Gasteiger charge is -2.08. The SMILES string of the molecule is C/C=C/C(=N)c1ccc(-c2cccc3ccccc23)cc1. The summed E-state index contributed by atoms with van der Waals surface area (Å²) in [6.07, 6.45) is 3.70. The smallest absolute Gasteiger partial charge is 0.0608 e. The highest BCUT2D eigenvalue weighted by atomic mass is 14.4. The molecule has 0 aromatic heterocycles. The molecule has 3 rings (SSSR count). The van der Waals surface area contributed by atoms with Crippen LogP contribution in [0.2, 0.25) is 0 Å². The predicted octanol–water partition coefficient (Wildman–Crippen LogP) is 5.45. The molecule has 0 heterocycles. The molecule has 0 radical (unpaired) electrons. The van der Waals surface area contributed by atoms with E-state index in [0.29, 0.717) is 5.71 Å². The van der Waals surface area contributed by atoms with Crippen LogP contribution in [0.25, 0.3) is 21.9 Å². The van der Waals surface area contributed by atoms with E-state index in [0.717, 1.165) is 5.56 Å². The molecule has 1 N–H and O–H groups in total. The largest absolute Gasteiger partial charge is 0.300 e. The zero-order chi connectivity index (χ0) is 14.7. The highest BCUT2D eigenvalue weighted by Crippen LogP contribution is 2.28. The zero-order valence-corrected chi connectivity index (χ0v) is 12.0. The Kier molecular flexibility index (Phi) is 3.65. The molecular weight excluding hydrogens is 254 g/mol. The van der Waals surface area contributed by atoms with Crippen molar-refractivity contribution in [2.45, 2.75) is 6.92 Å². The Morgan fingerprint density at radius 2 is 1.57 bits per heavy atom.